The van der Waals surface area contributed by atoms with E-state index in [2.05, 4.69) is 12.2 Å². The number of nitrogens with one attached hydrogen (secondary N) is 1. The summed E-state index contributed by atoms with van der Waals surface area (Å²) in [5.41, 5.74) is 1.05. The molecule has 1 rings (SSSR count). The van der Waals surface area contributed by atoms with Crippen molar-refractivity contribution in [2.24, 2.45) is 0 Å². The van der Waals surface area contributed by atoms with Crippen molar-refractivity contribution in [3.8, 4) is 0 Å². The van der Waals surface area contributed by atoms with E-state index in [0.29, 0.717) is 6.54 Å². The first kappa shape index (κ1) is 15.6. The molecular formula is C15H22FNO2. The molecule has 19 heavy (non-hydrogen) atoms. The molecule has 1 aromatic rings. The van der Waals surface area contributed by atoms with Crippen LogP contribution in [0.15, 0.2) is 24.3 Å². The van der Waals surface area contributed by atoms with Gasteiger partial charge in [0, 0.05) is 0 Å². The van der Waals surface area contributed by atoms with Crippen molar-refractivity contribution in [3.05, 3.63) is 35.6 Å². The highest BCUT2D eigenvalue weighted by atomic mass is 19.1. The topological polar surface area (TPSA) is 38.3 Å². The van der Waals surface area contributed by atoms with Crippen LogP contribution in [0.5, 0.6) is 0 Å². The molecule has 0 spiro atoms. The van der Waals surface area contributed by atoms with E-state index in [9.17, 15) is 9.18 Å². The van der Waals surface area contributed by atoms with Gasteiger partial charge in [0.1, 0.15) is 11.9 Å². The lowest BCUT2D eigenvalue weighted by molar-refractivity contribution is -0.143. The van der Waals surface area contributed by atoms with Crippen LogP contribution < -0.4 is 5.32 Å². The minimum Gasteiger partial charge on any atom is -0.468 e. The van der Waals surface area contributed by atoms with Crippen LogP contribution in [-0.4, -0.2) is 25.7 Å². The SMILES string of the molecule is CCCCC(NCCc1ccc(F)cc1)C(=O)OC. The summed E-state index contributed by atoms with van der Waals surface area (Å²) in [6.07, 6.45) is 3.59. The number of carbonyl (C=O) groups excluding carboxylic acids is 1. The van der Waals surface area contributed by atoms with Crippen molar-refractivity contribution in [1.29, 1.82) is 0 Å². The van der Waals surface area contributed by atoms with Gasteiger partial charge in [-0.1, -0.05) is 31.9 Å². The first-order valence-electron chi connectivity index (χ1n) is 6.73. The van der Waals surface area contributed by atoms with Gasteiger partial charge in [0.2, 0.25) is 0 Å². The smallest absolute Gasteiger partial charge is 0.322 e. The zero-order chi connectivity index (χ0) is 14.1. The average Bonchev–Trinajstić information content (AvgIpc) is 2.43. The van der Waals surface area contributed by atoms with Crippen LogP contribution in [0.4, 0.5) is 4.39 Å². The molecule has 0 aliphatic heterocycles. The van der Waals surface area contributed by atoms with Crippen LogP contribution in [0.3, 0.4) is 0 Å². The van der Waals surface area contributed by atoms with Crippen molar-refractivity contribution in [2.75, 3.05) is 13.7 Å². The fraction of sp³-hybridized carbons (Fsp3) is 0.533. The highest BCUT2D eigenvalue weighted by Crippen LogP contribution is 2.05. The van der Waals surface area contributed by atoms with Gasteiger partial charge in [0.05, 0.1) is 7.11 Å². The molecule has 0 fully saturated rings. The molecule has 3 nitrogen and oxygen atoms in total. The number of esters is 1. The van der Waals surface area contributed by atoms with Gasteiger partial charge in [-0.2, -0.15) is 0 Å². The van der Waals surface area contributed by atoms with Crippen molar-refractivity contribution in [1.82, 2.24) is 5.32 Å². The summed E-state index contributed by atoms with van der Waals surface area (Å²) in [7, 11) is 1.41. The summed E-state index contributed by atoms with van der Waals surface area (Å²) in [5.74, 6) is -0.445. The molecule has 106 valence electrons. The first-order chi connectivity index (χ1) is 9.17. The Hall–Kier alpha value is -1.42. The minimum atomic E-state index is -0.245. The molecule has 1 N–H and O–H groups in total. The standard InChI is InChI=1S/C15H22FNO2/c1-3-4-5-14(15(18)19-2)17-11-10-12-6-8-13(16)9-7-12/h6-9,14,17H,3-5,10-11H2,1-2H3. The Morgan fingerprint density at radius 3 is 2.63 bits per heavy atom. The van der Waals surface area contributed by atoms with Crippen LogP contribution in [0.2, 0.25) is 0 Å². The number of ether oxygens (including phenoxy) is 1. The first-order valence-corrected chi connectivity index (χ1v) is 6.73. The summed E-state index contributed by atoms with van der Waals surface area (Å²) < 4.78 is 17.5. The van der Waals surface area contributed by atoms with Gasteiger partial charge in [-0.25, -0.2) is 4.39 Å². The van der Waals surface area contributed by atoms with Crippen molar-refractivity contribution < 1.29 is 13.9 Å². The van der Waals surface area contributed by atoms with E-state index in [4.69, 9.17) is 4.74 Å². The third kappa shape index (κ3) is 5.83. The predicted octanol–water partition coefficient (Wildman–Crippen LogP) is 2.69. The number of unbranched alkanes of at least 4 members (excludes halogenated alkanes) is 1. The average molecular weight is 267 g/mol. The van der Waals surface area contributed by atoms with Gasteiger partial charge < -0.3 is 10.1 Å². The third-order valence-electron chi connectivity index (χ3n) is 3.05. The van der Waals surface area contributed by atoms with E-state index in [0.717, 1.165) is 31.2 Å². The van der Waals surface area contributed by atoms with Crippen LogP contribution in [0.25, 0.3) is 0 Å². The van der Waals surface area contributed by atoms with E-state index in [-0.39, 0.29) is 17.8 Å². The Morgan fingerprint density at radius 2 is 2.05 bits per heavy atom. The number of hydrogen-bond acceptors (Lipinski definition) is 3. The molecular weight excluding hydrogens is 245 g/mol. The highest BCUT2D eigenvalue weighted by molar-refractivity contribution is 5.75. The summed E-state index contributed by atoms with van der Waals surface area (Å²) in [4.78, 5) is 11.6. The summed E-state index contributed by atoms with van der Waals surface area (Å²) in [6, 6.07) is 6.17. The van der Waals surface area contributed by atoms with Gasteiger partial charge in [0.25, 0.3) is 0 Å². The molecule has 1 aromatic carbocycles. The van der Waals surface area contributed by atoms with Crippen LogP contribution in [-0.2, 0) is 16.0 Å². The Labute approximate surface area is 114 Å². The highest BCUT2D eigenvalue weighted by Gasteiger charge is 2.17. The maximum atomic E-state index is 12.8. The van der Waals surface area contributed by atoms with E-state index >= 15 is 0 Å². The summed E-state index contributed by atoms with van der Waals surface area (Å²) in [5, 5.41) is 3.20. The molecule has 0 saturated heterocycles. The molecule has 1 unspecified atom stereocenters. The zero-order valence-electron chi connectivity index (χ0n) is 11.6. The maximum Gasteiger partial charge on any atom is 0.322 e. The van der Waals surface area contributed by atoms with Crippen molar-refractivity contribution >= 4 is 5.97 Å². The number of carbonyl (C=O) groups is 1. The van der Waals surface area contributed by atoms with E-state index in [1.54, 1.807) is 12.1 Å². The minimum absolute atomic E-state index is 0.215. The lowest BCUT2D eigenvalue weighted by Crippen LogP contribution is -2.38. The normalized spacial score (nSPS) is 12.2. The van der Waals surface area contributed by atoms with Crippen LogP contribution in [0, 0.1) is 5.82 Å². The monoisotopic (exact) mass is 267 g/mol. The lowest BCUT2D eigenvalue weighted by Gasteiger charge is -2.16. The fourth-order valence-electron chi connectivity index (χ4n) is 1.90. The van der Waals surface area contributed by atoms with Gasteiger partial charge in [-0.05, 0) is 37.1 Å². The predicted molar refractivity (Wildman–Crippen MR) is 73.4 cm³/mol. The molecule has 4 heteroatoms. The second-order valence-corrected chi connectivity index (χ2v) is 4.55. The molecule has 0 radical (unpaired) electrons. The fourth-order valence-corrected chi connectivity index (χ4v) is 1.90. The van der Waals surface area contributed by atoms with Crippen molar-refractivity contribution in [3.63, 3.8) is 0 Å². The van der Waals surface area contributed by atoms with E-state index in [1.807, 2.05) is 0 Å². The molecule has 0 amide bonds. The summed E-state index contributed by atoms with van der Waals surface area (Å²) >= 11 is 0. The second-order valence-electron chi connectivity index (χ2n) is 4.55. The third-order valence-corrected chi connectivity index (χ3v) is 3.05. The maximum absolute atomic E-state index is 12.8. The largest absolute Gasteiger partial charge is 0.468 e. The number of halogens is 1. The van der Waals surface area contributed by atoms with Crippen molar-refractivity contribution in [2.45, 2.75) is 38.6 Å². The number of benzene rings is 1. The zero-order valence-corrected chi connectivity index (χ0v) is 11.6. The Morgan fingerprint density at radius 1 is 1.37 bits per heavy atom. The molecule has 0 aromatic heterocycles. The van der Waals surface area contributed by atoms with Gasteiger partial charge >= 0.3 is 5.97 Å². The van der Waals surface area contributed by atoms with Gasteiger partial charge in [-0.15, -0.1) is 0 Å². The van der Waals surface area contributed by atoms with Crippen LogP contribution in [0.1, 0.15) is 31.7 Å². The number of methoxy groups -OCH3 is 1. The number of hydrogen-bond donors (Lipinski definition) is 1. The van der Waals surface area contributed by atoms with Crippen LogP contribution >= 0.6 is 0 Å². The lowest BCUT2D eigenvalue weighted by atomic mass is 10.1. The molecule has 0 heterocycles. The molecule has 0 aliphatic carbocycles. The second kappa shape index (κ2) is 8.64. The molecule has 0 bridgehead atoms. The molecule has 0 saturated carbocycles. The Bertz CT molecular complexity index is 378. The molecule has 1 atom stereocenters. The quantitative estimate of drug-likeness (QED) is 0.736. The van der Waals surface area contributed by atoms with Gasteiger partial charge in [0.15, 0.2) is 0 Å². The van der Waals surface area contributed by atoms with E-state index in [1.165, 1.54) is 19.2 Å². The Kier molecular flexibility index (Phi) is 7.11. The van der Waals surface area contributed by atoms with E-state index < -0.39 is 0 Å². The summed E-state index contributed by atoms with van der Waals surface area (Å²) in [6.45, 7) is 2.77. The number of rotatable bonds is 8. The Balaban J connectivity index is 2.38. The molecule has 0 aliphatic rings. The van der Waals surface area contributed by atoms with Gasteiger partial charge in [-0.3, -0.25) is 4.79 Å².